The van der Waals surface area contributed by atoms with Gasteiger partial charge in [-0.05, 0) is 12.5 Å². The molecule has 0 saturated carbocycles. The predicted octanol–water partition coefficient (Wildman–Crippen LogP) is 1.73. The second-order valence-electron chi connectivity index (χ2n) is 6.34. The van der Waals surface area contributed by atoms with Crippen molar-refractivity contribution in [3.05, 3.63) is 48.5 Å². The number of hydrogen-bond donors (Lipinski definition) is 1. The minimum Gasteiger partial charge on any atom is -0.391 e. The number of β-amino-alcohol motifs (C(OH)–C–C–N with tert-alkyl or cyclic N) is 1. The summed E-state index contributed by atoms with van der Waals surface area (Å²) in [6, 6.07) is 11.6. The second-order valence-corrected chi connectivity index (χ2v) is 6.34. The van der Waals surface area contributed by atoms with Gasteiger partial charge in [-0.1, -0.05) is 35.5 Å². The smallest absolute Gasteiger partial charge is 0.246 e. The van der Waals surface area contributed by atoms with Crippen molar-refractivity contribution in [2.24, 2.45) is 0 Å². The van der Waals surface area contributed by atoms with E-state index in [1.807, 2.05) is 48.3 Å². The molecule has 3 heterocycles. The molecule has 3 aromatic rings. The molecule has 1 saturated heterocycles. The van der Waals surface area contributed by atoms with Crippen LogP contribution in [-0.2, 0) is 6.54 Å². The van der Waals surface area contributed by atoms with Crippen LogP contribution >= 0.6 is 0 Å². The van der Waals surface area contributed by atoms with Gasteiger partial charge in [0.25, 0.3) is 0 Å². The molecule has 1 aliphatic heterocycles. The highest BCUT2D eigenvalue weighted by Crippen LogP contribution is 2.21. The van der Waals surface area contributed by atoms with Gasteiger partial charge in [0, 0.05) is 31.9 Å². The fourth-order valence-electron chi connectivity index (χ4n) is 2.95. The van der Waals surface area contributed by atoms with E-state index in [0.717, 1.165) is 24.3 Å². The fourth-order valence-corrected chi connectivity index (χ4v) is 2.95. The zero-order chi connectivity index (χ0) is 17.9. The highest BCUT2D eigenvalue weighted by molar-refractivity contribution is 5.53. The number of nitrogens with zero attached hydrogens (tertiary/aromatic N) is 6. The summed E-state index contributed by atoms with van der Waals surface area (Å²) in [6.07, 6.45) is 2.20. The highest BCUT2D eigenvalue weighted by atomic mass is 16.5. The first kappa shape index (κ1) is 16.5. The molecule has 1 atom stereocenters. The maximum atomic E-state index is 9.71. The molecule has 1 N–H and O–H groups in total. The van der Waals surface area contributed by atoms with Crippen LogP contribution in [-0.4, -0.2) is 51.5 Å². The van der Waals surface area contributed by atoms with Crippen molar-refractivity contribution in [3.8, 4) is 11.4 Å². The van der Waals surface area contributed by atoms with Gasteiger partial charge in [0.15, 0.2) is 0 Å². The van der Waals surface area contributed by atoms with E-state index >= 15 is 0 Å². The molecule has 0 radical (unpaired) electrons. The number of hydrogen-bond acceptors (Lipinski definition) is 8. The zero-order valence-corrected chi connectivity index (χ0v) is 14.5. The summed E-state index contributed by atoms with van der Waals surface area (Å²) in [5, 5.41) is 13.7. The van der Waals surface area contributed by atoms with Gasteiger partial charge in [0.1, 0.15) is 5.82 Å². The molecule has 8 heteroatoms. The molecular formula is C18H20N6O2. The van der Waals surface area contributed by atoms with E-state index in [1.165, 1.54) is 0 Å². The maximum absolute atomic E-state index is 9.71. The molecule has 0 amide bonds. The lowest BCUT2D eigenvalue weighted by Gasteiger charge is -2.19. The Morgan fingerprint density at radius 2 is 2.08 bits per heavy atom. The van der Waals surface area contributed by atoms with E-state index in [2.05, 4.69) is 25.0 Å². The third-order valence-corrected chi connectivity index (χ3v) is 4.33. The standard InChI is InChI=1S/C18H20N6O2/c1-23(12-16-21-17(22-26-16)13-5-3-2-4-6-13)18-19-9-7-15(20-18)24-10-8-14(25)11-24/h2-7,9,14,25H,8,10-12H2,1H3/t14-/m1/s1. The van der Waals surface area contributed by atoms with Crippen molar-refractivity contribution in [1.82, 2.24) is 20.1 Å². The number of aliphatic hydroxyl groups is 1. The van der Waals surface area contributed by atoms with Gasteiger partial charge in [-0.2, -0.15) is 9.97 Å². The van der Waals surface area contributed by atoms with Crippen LogP contribution < -0.4 is 9.80 Å². The van der Waals surface area contributed by atoms with Gasteiger partial charge < -0.3 is 19.4 Å². The van der Waals surface area contributed by atoms with E-state index in [0.29, 0.717) is 30.8 Å². The topological polar surface area (TPSA) is 91.4 Å². The molecule has 1 aromatic carbocycles. The quantitative estimate of drug-likeness (QED) is 0.742. The van der Waals surface area contributed by atoms with E-state index < -0.39 is 0 Å². The molecule has 8 nitrogen and oxygen atoms in total. The first-order chi connectivity index (χ1) is 12.7. The summed E-state index contributed by atoms with van der Waals surface area (Å²) < 4.78 is 5.35. The average molecular weight is 352 g/mol. The Kier molecular flexibility index (Phi) is 4.49. The Hall–Kier alpha value is -3.00. The first-order valence-electron chi connectivity index (χ1n) is 8.54. The average Bonchev–Trinajstić information content (AvgIpc) is 3.32. The van der Waals surface area contributed by atoms with Crippen LogP contribution in [0.3, 0.4) is 0 Å². The molecular weight excluding hydrogens is 332 g/mol. The summed E-state index contributed by atoms with van der Waals surface area (Å²) in [6.45, 7) is 1.81. The third-order valence-electron chi connectivity index (χ3n) is 4.33. The lowest BCUT2D eigenvalue weighted by atomic mass is 10.2. The molecule has 134 valence electrons. The molecule has 26 heavy (non-hydrogen) atoms. The summed E-state index contributed by atoms with van der Waals surface area (Å²) in [5.74, 6) is 2.45. The Balaban J connectivity index is 1.47. The zero-order valence-electron chi connectivity index (χ0n) is 14.5. The third kappa shape index (κ3) is 3.50. The second kappa shape index (κ2) is 7.09. The summed E-state index contributed by atoms with van der Waals surface area (Å²) >= 11 is 0. The summed E-state index contributed by atoms with van der Waals surface area (Å²) in [4.78, 5) is 17.3. The van der Waals surface area contributed by atoms with Crippen molar-refractivity contribution >= 4 is 11.8 Å². The van der Waals surface area contributed by atoms with Crippen LogP contribution in [0.5, 0.6) is 0 Å². The fraction of sp³-hybridized carbons (Fsp3) is 0.333. The number of aromatic nitrogens is 4. The van der Waals surface area contributed by atoms with Gasteiger partial charge in [0.2, 0.25) is 17.7 Å². The lowest BCUT2D eigenvalue weighted by Crippen LogP contribution is -2.24. The molecule has 0 spiro atoms. The molecule has 0 aliphatic carbocycles. The molecule has 1 aliphatic rings. The van der Waals surface area contributed by atoms with Crippen molar-refractivity contribution in [1.29, 1.82) is 0 Å². The van der Waals surface area contributed by atoms with E-state index in [1.54, 1.807) is 6.20 Å². The van der Waals surface area contributed by atoms with Crippen molar-refractivity contribution in [2.75, 3.05) is 29.9 Å². The van der Waals surface area contributed by atoms with Gasteiger partial charge in [0.05, 0.1) is 12.6 Å². The number of benzene rings is 1. The number of aliphatic hydroxyl groups excluding tert-OH is 1. The van der Waals surface area contributed by atoms with Crippen LogP contribution in [0, 0.1) is 0 Å². The van der Waals surface area contributed by atoms with Gasteiger partial charge >= 0.3 is 0 Å². The molecule has 0 bridgehead atoms. The molecule has 1 fully saturated rings. The van der Waals surface area contributed by atoms with Crippen LogP contribution in [0.1, 0.15) is 12.3 Å². The summed E-state index contributed by atoms with van der Waals surface area (Å²) in [7, 11) is 1.88. The minimum atomic E-state index is -0.291. The molecule has 4 rings (SSSR count). The van der Waals surface area contributed by atoms with Crippen molar-refractivity contribution in [2.45, 2.75) is 19.1 Å². The Bertz CT molecular complexity index is 869. The van der Waals surface area contributed by atoms with E-state index in [4.69, 9.17) is 4.52 Å². The van der Waals surface area contributed by atoms with Crippen molar-refractivity contribution < 1.29 is 9.63 Å². The Morgan fingerprint density at radius 3 is 2.85 bits per heavy atom. The van der Waals surface area contributed by atoms with Crippen LogP contribution in [0.25, 0.3) is 11.4 Å². The lowest BCUT2D eigenvalue weighted by molar-refractivity contribution is 0.198. The minimum absolute atomic E-state index is 0.291. The maximum Gasteiger partial charge on any atom is 0.246 e. The summed E-state index contributed by atoms with van der Waals surface area (Å²) in [5.41, 5.74) is 0.913. The van der Waals surface area contributed by atoms with Crippen LogP contribution in [0.4, 0.5) is 11.8 Å². The molecule has 0 unspecified atom stereocenters. The highest BCUT2D eigenvalue weighted by Gasteiger charge is 2.22. The Labute approximate surface area is 151 Å². The van der Waals surface area contributed by atoms with E-state index in [-0.39, 0.29) is 6.10 Å². The molecule has 2 aromatic heterocycles. The number of rotatable bonds is 5. The van der Waals surface area contributed by atoms with Gasteiger partial charge in [-0.15, -0.1) is 0 Å². The Morgan fingerprint density at radius 1 is 1.23 bits per heavy atom. The van der Waals surface area contributed by atoms with Crippen LogP contribution in [0.15, 0.2) is 47.1 Å². The van der Waals surface area contributed by atoms with E-state index in [9.17, 15) is 5.11 Å². The monoisotopic (exact) mass is 352 g/mol. The normalized spacial score (nSPS) is 16.8. The first-order valence-corrected chi connectivity index (χ1v) is 8.54. The number of anilines is 2. The van der Waals surface area contributed by atoms with Gasteiger partial charge in [-0.3, -0.25) is 0 Å². The predicted molar refractivity (Wildman–Crippen MR) is 96.7 cm³/mol. The SMILES string of the molecule is CN(Cc1nc(-c2ccccc2)no1)c1nccc(N2CC[C@@H](O)C2)n1. The van der Waals surface area contributed by atoms with Crippen molar-refractivity contribution in [3.63, 3.8) is 0 Å². The van der Waals surface area contributed by atoms with Crippen LogP contribution in [0.2, 0.25) is 0 Å². The van der Waals surface area contributed by atoms with Gasteiger partial charge in [-0.25, -0.2) is 4.98 Å². The largest absolute Gasteiger partial charge is 0.391 e.